The maximum atomic E-state index is 12.0. The lowest BCUT2D eigenvalue weighted by Crippen LogP contribution is -2.55. The molecule has 2 N–H and O–H groups in total. The predicted molar refractivity (Wildman–Crippen MR) is 64.4 cm³/mol. The van der Waals surface area contributed by atoms with Crippen LogP contribution in [0.15, 0.2) is 0 Å². The summed E-state index contributed by atoms with van der Waals surface area (Å²) in [5.41, 5.74) is -0.0341. The second kappa shape index (κ2) is 6.00. The van der Waals surface area contributed by atoms with Gasteiger partial charge in [-0.15, -0.1) is 0 Å². The molecule has 1 fully saturated rings. The maximum absolute atomic E-state index is 12.0. The first kappa shape index (κ1) is 14.0. The molecule has 5 nitrogen and oxygen atoms in total. The molecule has 1 aliphatic rings. The van der Waals surface area contributed by atoms with Crippen LogP contribution >= 0.6 is 0 Å². The summed E-state index contributed by atoms with van der Waals surface area (Å²) < 4.78 is 4.51. The van der Waals surface area contributed by atoms with Gasteiger partial charge >= 0.3 is 5.97 Å². The van der Waals surface area contributed by atoms with E-state index in [0.29, 0.717) is 6.54 Å². The summed E-state index contributed by atoms with van der Waals surface area (Å²) in [4.78, 5) is 22.9. The first-order valence-corrected chi connectivity index (χ1v) is 6.05. The highest BCUT2D eigenvalue weighted by molar-refractivity contribution is 5.83. The van der Waals surface area contributed by atoms with Crippen molar-refractivity contribution in [1.29, 1.82) is 0 Å². The fourth-order valence-electron chi connectivity index (χ4n) is 2.15. The summed E-state index contributed by atoms with van der Waals surface area (Å²) in [5, 5.41) is 6.00. The SMILES string of the molecule is COC(=O)CCNC(=O)C1NCCCC1(C)C. The summed E-state index contributed by atoms with van der Waals surface area (Å²) in [6, 6.07) is -0.172. The van der Waals surface area contributed by atoms with E-state index in [1.807, 2.05) is 0 Å². The van der Waals surface area contributed by atoms with Crippen molar-refractivity contribution in [3.8, 4) is 0 Å². The highest BCUT2D eigenvalue weighted by Crippen LogP contribution is 2.29. The predicted octanol–water partition coefficient (Wildman–Crippen LogP) is 0.444. The zero-order valence-electron chi connectivity index (χ0n) is 10.8. The van der Waals surface area contributed by atoms with Crippen molar-refractivity contribution in [2.75, 3.05) is 20.2 Å². The summed E-state index contributed by atoms with van der Waals surface area (Å²) in [6.07, 6.45) is 2.35. The monoisotopic (exact) mass is 242 g/mol. The molecule has 1 saturated heterocycles. The molecule has 1 heterocycles. The van der Waals surface area contributed by atoms with Crippen LogP contribution in [-0.2, 0) is 14.3 Å². The summed E-state index contributed by atoms with van der Waals surface area (Å²) in [5.74, 6) is -0.334. The van der Waals surface area contributed by atoms with Crippen molar-refractivity contribution in [3.05, 3.63) is 0 Å². The van der Waals surface area contributed by atoms with Crippen LogP contribution in [-0.4, -0.2) is 38.1 Å². The van der Waals surface area contributed by atoms with E-state index < -0.39 is 0 Å². The number of nitrogens with one attached hydrogen (secondary N) is 2. The molecule has 0 aromatic rings. The highest BCUT2D eigenvalue weighted by atomic mass is 16.5. The number of piperidine rings is 1. The van der Waals surface area contributed by atoms with Gasteiger partial charge in [0.15, 0.2) is 0 Å². The fourth-order valence-corrected chi connectivity index (χ4v) is 2.15. The van der Waals surface area contributed by atoms with Crippen molar-refractivity contribution < 1.29 is 14.3 Å². The Labute approximate surface area is 102 Å². The maximum Gasteiger partial charge on any atom is 0.307 e. The minimum absolute atomic E-state index is 0.0291. The molecule has 98 valence electrons. The zero-order chi connectivity index (χ0) is 12.9. The summed E-state index contributed by atoms with van der Waals surface area (Å²) in [7, 11) is 1.34. The van der Waals surface area contributed by atoms with Crippen molar-refractivity contribution in [1.82, 2.24) is 10.6 Å². The average molecular weight is 242 g/mol. The Kier molecular flexibility index (Phi) is 4.93. The number of ether oxygens (including phenoxy) is 1. The number of hydrogen-bond donors (Lipinski definition) is 2. The van der Waals surface area contributed by atoms with E-state index in [1.54, 1.807) is 0 Å². The molecule has 0 bridgehead atoms. The number of esters is 1. The lowest BCUT2D eigenvalue weighted by molar-refractivity contribution is -0.140. The van der Waals surface area contributed by atoms with Crippen LogP contribution in [0.5, 0.6) is 0 Å². The van der Waals surface area contributed by atoms with Crippen LogP contribution < -0.4 is 10.6 Å². The molecule has 0 aromatic carbocycles. The van der Waals surface area contributed by atoms with Gasteiger partial charge in [-0.1, -0.05) is 13.8 Å². The van der Waals surface area contributed by atoms with Crippen molar-refractivity contribution >= 4 is 11.9 Å². The van der Waals surface area contributed by atoms with E-state index in [9.17, 15) is 9.59 Å². The van der Waals surface area contributed by atoms with Crippen LogP contribution in [0.25, 0.3) is 0 Å². The summed E-state index contributed by atoms with van der Waals surface area (Å²) >= 11 is 0. The smallest absolute Gasteiger partial charge is 0.307 e. The van der Waals surface area contributed by atoms with Gasteiger partial charge in [0.25, 0.3) is 0 Å². The normalized spacial score (nSPS) is 22.9. The fraction of sp³-hybridized carbons (Fsp3) is 0.833. The van der Waals surface area contributed by atoms with Gasteiger partial charge in [-0.05, 0) is 24.8 Å². The molecule has 1 unspecified atom stereocenters. The molecular formula is C12H22N2O3. The van der Waals surface area contributed by atoms with E-state index in [4.69, 9.17) is 0 Å². The minimum Gasteiger partial charge on any atom is -0.469 e. The Hall–Kier alpha value is -1.10. The van der Waals surface area contributed by atoms with Crippen molar-refractivity contribution in [3.63, 3.8) is 0 Å². The molecular weight excluding hydrogens is 220 g/mol. The average Bonchev–Trinajstić information content (AvgIpc) is 2.27. The minimum atomic E-state index is -0.304. The van der Waals surface area contributed by atoms with Gasteiger partial charge in [0.05, 0.1) is 19.6 Å². The third kappa shape index (κ3) is 4.00. The lowest BCUT2D eigenvalue weighted by Gasteiger charge is -2.38. The van der Waals surface area contributed by atoms with Gasteiger partial charge in [0, 0.05) is 6.54 Å². The largest absolute Gasteiger partial charge is 0.469 e. The highest BCUT2D eigenvalue weighted by Gasteiger charge is 2.36. The Morgan fingerprint density at radius 1 is 1.47 bits per heavy atom. The number of carbonyl (C=O) groups is 2. The zero-order valence-corrected chi connectivity index (χ0v) is 10.8. The lowest BCUT2D eigenvalue weighted by atomic mass is 9.77. The van der Waals surface area contributed by atoms with Gasteiger partial charge < -0.3 is 15.4 Å². The van der Waals surface area contributed by atoms with Crippen LogP contribution in [0, 0.1) is 5.41 Å². The van der Waals surface area contributed by atoms with Gasteiger partial charge in [0.2, 0.25) is 5.91 Å². The molecule has 0 spiro atoms. The first-order chi connectivity index (χ1) is 7.97. The number of amides is 1. The number of rotatable bonds is 4. The van der Waals surface area contributed by atoms with Crippen molar-refractivity contribution in [2.24, 2.45) is 5.41 Å². The van der Waals surface area contributed by atoms with Gasteiger partial charge in [-0.2, -0.15) is 0 Å². The van der Waals surface area contributed by atoms with Crippen LogP contribution in [0.1, 0.15) is 33.1 Å². The van der Waals surface area contributed by atoms with Crippen LogP contribution in [0.2, 0.25) is 0 Å². The second-order valence-corrected chi connectivity index (χ2v) is 5.10. The molecule has 1 atom stereocenters. The van der Waals surface area contributed by atoms with E-state index in [1.165, 1.54) is 7.11 Å². The van der Waals surface area contributed by atoms with E-state index in [0.717, 1.165) is 19.4 Å². The number of hydrogen-bond acceptors (Lipinski definition) is 4. The van der Waals surface area contributed by atoms with Gasteiger partial charge in [-0.3, -0.25) is 9.59 Å². The number of methoxy groups -OCH3 is 1. The molecule has 0 radical (unpaired) electrons. The van der Waals surface area contributed by atoms with Crippen LogP contribution in [0.3, 0.4) is 0 Å². The van der Waals surface area contributed by atoms with Crippen LogP contribution in [0.4, 0.5) is 0 Å². The number of carbonyl (C=O) groups excluding carboxylic acids is 2. The van der Waals surface area contributed by atoms with Crippen molar-refractivity contribution in [2.45, 2.75) is 39.2 Å². The molecule has 17 heavy (non-hydrogen) atoms. The molecule has 1 rings (SSSR count). The first-order valence-electron chi connectivity index (χ1n) is 6.05. The van der Waals surface area contributed by atoms with Gasteiger partial charge in [-0.25, -0.2) is 0 Å². The standard InChI is InChI=1S/C12H22N2O3/c1-12(2)6-4-7-13-10(12)11(16)14-8-5-9(15)17-3/h10,13H,4-8H2,1-3H3,(H,14,16). The summed E-state index contributed by atoms with van der Waals surface area (Å²) in [6.45, 7) is 5.38. The van der Waals surface area contributed by atoms with Gasteiger partial charge in [0.1, 0.15) is 0 Å². The third-order valence-corrected chi connectivity index (χ3v) is 3.25. The molecule has 0 saturated carbocycles. The van der Waals surface area contributed by atoms with E-state index >= 15 is 0 Å². The van der Waals surface area contributed by atoms with E-state index in [2.05, 4.69) is 29.2 Å². The third-order valence-electron chi connectivity index (χ3n) is 3.25. The molecule has 5 heteroatoms. The Morgan fingerprint density at radius 3 is 2.76 bits per heavy atom. The topological polar surface area (TPSA) is 67.4 Å². The second-order valence-electron chi connectivity index (χ2n) is 5.10. The van der Waals surface area contributed by atoms with E-state index in [-0.39, 0.29) is 29.8 Å². The Morgan fingerprint density at radius 2 is 2.18 bits per heavy atom. The quantitative estimate of drug-likeness (QED) is 0.702. The Balaban J connectivity index is 2.38. The molecule has 1 amide bonds. The molecule has 0 aliphatic carbocycles. The molecule has 1 aliphatic heterocycles. The Bertz CT molecular complexity index is 289. The molecule has 0 aromatic heterocycles.